The molecule has 0 heterocycles. The number of rotatable bonds is 5. The zero-order chi connectivity index (χ0) is 11.1. The van der Waals surface area contributed by atoms with Crippen molar-refractivity contribution in [2.75, 3.05) is 0 Å². The average Bonchev–Trinajstić information content (AvgIpc) is 2.29. The van der Waals surface area contributed by atoms with Crippen molar-refractivity contribution in [1.82, 2.24) is 5.32 Å². The van der Waals surface area contributed by atoms with Gasteiger partial charge in [-0.3, -0.25) is 5.32 Å². The molecule has 1 rings (SSSR count). The molecule has 0 bridgehead atoms. The Labute approximate surface area is 91.9 Å². The lowest BCUT2D eigenvalue weighted by Crippen LogP contribution is -2.30. The Hall–Kier alpha value is -1.33. The molecule has 1 N–H and O–H groups in total. The van der Waals surface area contributed by atoms with Crippen molar-refractivity contribution in [2.45, 2.75) is 38.8 Å². The van der Waals surface area contributed by atoms with Crippen LogP contribution in [0.3, 0.4) is 0 Å². The highest BCUT2D eigenvalue weighted by Gasteiger charge is 2.10. The number of hydrogen-bond acceptors (Lipinski definition) is 2. The highest BCUT2D eigenvalue weighted by molar-refractivity contribution is 5.18. The Morgan fingerprint density at radius 1 is 1.33 bits per heavy atom. The number of nitrogens with zero attached hydrogens (tertiary/aromatic N) is 1. The van der Waals surface area contributed by atoms with Gasteiger partial charge in [-0.05, 0) is 18.9 Å². The molecular weight excluding hydrogens is 184 g/mol. The molecule has 1 aromatic rings. The van der Waals surface area contributed by atoms with Gasteiger partial charge in [-0.1, -0.05) is 43.7 Å². The lowest BCUT2D eigenvalue weighted by molar-refractivity contribution is 0.491. The number of benzene rings is 1. The molecular formula is C13H18N2. The largest absolute Gasteiger partial charge is 0.295 e. The molecule has 2 heteroatoms. The maximum absolute atomic E-state index is 8.94. The van der Waals surface area contributed by atoms with Gasteiger partial charge >= 0.3 is 0 Å². The van der Waals surface area contributed by atoms with Gasteiger partial charge in [0.15, 0.2) is 0 Å². The molecule has 0 saturated heterocycles. The lowest BCUT2D eigenvalue weighted by Gasteiger charge is -2.17. The van der Waals surface area contributed by atoms with E-state index in [9.17, 15) is 0 Å². The van der Waals surface area contributed by atoms with Crippen LogP contribution in [0.25, 0.3) is 0 Å². The summed E-state index contributed by atoms with van der Waals surface area (Å²) in [5, 5.41) is 12.3. The van der Waals surface area contributed by atoms with Crippen LogP contribution in [0.4, 0.5) is 0 Å². The van der Waals surface area contributed by atoms with Gasteiger partial charge in [-0.25, -0.2) is 0 Å². The zero-order valence-corrected chi connectivity index (χ0v) is 9.40. The second-order valence-electron chi connectivity index (χ2n) is 3.77. The summed E-state index contributed by atoms with van der Waals surface area (Å²) in [7, 11) is 0. The molecule has 0 amide bonds. The number of nitriles is 1. The van der Waals surface area contributed by atoms with Gasteiger partial charge in [0.05, 0.1) is 12.1 Å². The predicted octanol–water partition coefficient (Wildman–Crippen LogP) is 3.03. The summed E-state index contributed by atoms with van der Waals surface area (Å²) >= 11 is 0. The van der Waals surface area contributed by atoms with E-state index in [1.54, 1.807) is 0 Å². The third-order valence-corrected chi connectivity index (χ3v) is 2.48. The maximum atomic E-state index is 8.94. The first-order chi connectivity index (χ1) is 7.27. The molecule has 1 aromatic carbocycles. The molecule has 15 heavy (non-hydrogen) atoms. The Bertz CT molecular complexity index is 313. The highest BCUT2D eigenvalue weighted by Crippen LogP contribution is 2.12. The summed E-state index contributed by atoms with van der Waals surface area (Å²) in [5.74, 6) is 0. The van der Waals surface area contributed by atoms with Crippen LogP contribution in [0.5, 0.6) is 0 Å². The fourth-order valence-corrected chi connectivity index (χ4v) is 1.61. The molecule has 0 fully saturated rings. The predicted molar refractivity (Wildman–Crippen MR) is 62.3 cm³/mol. The minimum Gasteiger partial charge on any atom is -0.295 e. The first kappa shape index (κ1) is 11.7. The molecule has 0 aliphatic rings. The molecule has 0 radical (unpaired) electrons. The molecule has 0 aliphatic carbocycles. The second kappa shape index (κ2) is 6.21. The van der Waals surface area contributed by atoms with Gasteiger partial charge in [0.25, 0.3) is 0 Å². The lowest BCUT2D eigenvalue weighted by atomic mass is 10.1. The third kappa shape index (κ3) is 3.73. The van der Waals surface area contributed by atoms with Crippen LogP contribution in [0.1, 0.15) is 38.3 Å². The molecule has 1 unspecified atom stereocenters. The van der Waals surface area contributed by atoms with Gasteiger partial charge in [0.1, 0.15) is 0 Å². The van der Waals surface area contributed by atoms with Gasteiger partial charge < -0.3 is 0 Å². The van der Waals surface area contributed by atoms with Crippen molar-refractivity contribution >= 4 is 0 Å². The number of hydrogen-bond donors (Lipinski definition) is 1. The summed E-state index contributed by atoms with van der Waals surface area (Å²) < 4.78 is 0. The number of nitrogens with one attached hydrogen (secondary N) is 1. The minimum absolute atomic E-state index is 0.0368. The van der Waals surface area contributed by atoms with Gasteiger partial charge in [-0.2, -0.15) is 5.26 Å². The van der Waals surface area contributed by atoms with Crippen LogP contribution in [-0.4, -0.2) is 6.04 Å². The van der Waals surface area contributed by atoms with E-state index in [4.69, 9.17) is 5.26 Å². The van der Waals surface area contributed by atoms with E-state index < -0.39 is 0 Å². The van der Waals surface area contributed by atoms with Crippen molar-refractivity contribution in [3.05, 3.63) is 35.9 Å². The standard InChI is InChI=1S/C13H18N2/c1-3-7-13(10-14)15-11(2)12-8-5-4-6-9-12/h4-6,8-9,11,13,15H,3,7H2,1-2H3/t11-,13?/m0/s1. The topological polar surface area (TPSA) is 35.8 Å². The maximum Gasteiger partial charge on any atom is 0.0957 e. The second-order valence-corrected chi connectivity index (χ2v) is 3.77. The van der Waals surface area contributed by atoms with Gasteiger partial charge in [0, 0.05) is 6.04 Å². The molecule has 0 saturated carbocycles. The van der Waals surface area contributed by atoms with E-state index in [1.807, 2.05) is 18.2 Å². The van der Waals surface area contributed by atoms with Crippen molar-refractivity contribution in [3.63, 3.8) is 0 Å². The van der Waals surface area contributed by atoms with Crippen LogP contribution >= 0.6 is 0 Å². The normalized spacial score (nSPS) is 14.2. The van der Waals surface area contributed by atoms with E-state index >= 15 is 0 Å². The Morgan fingerprint density at radius 3 is 2.53 bits per heavy atom. The minimum atomic E-state index is -0.0368. The SMILES string of the molecule is CCCC(C#N)N[C@@H](C)c1ccccc1. The van der Waals surface area contributed by atoms with Crippen molar-refractivity contribution < 1.29 is 0 Å². The monoisotopic (exact) mass is 202 g/mol. The first-order valence-electron chi connectivity index (χ1n) is 5.48. The van der Waals surface area contributed by atoms with Gasteiger partial charge in [0.2, 0.25) is 0 Å². The fraction of sp³-hybridized carbons (Fsp3) is 0.462. The smallest absolute Gasteiger partial charge is 0.0957 e. The van der Waals surface area contributed by atoms with Crippen molar-refractivity contribution in [2.24, 2.45) is 0 Å². The highest BCUT2D eigenvalue weighted by atomic mass is 14.9. The van der Waals surface area contributed by atoms with Crippen molar-refractivity contribution in [1.29, 1.82) is 5.26 Å². The Balaban J connectivity index is 2.55. The van der Waals surface area contributed by atoms with E-state index in [2.05, 4.69) is 37.4 Å². The summed E-state index contributed by atoms with van der Waals surface area (Å²) in [5.41, 5.74) is 1.23. The zero-order valence-electron chi connectivity index (χ0n) is 9.40. The summed E-state index contributed by atoms with van der Waals surface area (Å²) in [6.45, 7) is 4.19. The average molecular weight is 202 g/mol. The van der Waals surface area contributed by atoms with Gasteiger partial charge in [-0.15, -0.1) is 0 Å². The van der Waals surface area contributed by atoms with Crippen LogP contribution in [0, 0.1) is 11.3 Å². The van der Waals surface area contributed by atoms with E-state index in [-0.39, 0.29) is 12.1 Å². The molecule has 0 aromatic heterocycles. The summed E-state index contributed by atoms with van der Waals surface area (Å²) in [6.07, 6.45) is 1.94. The molecule has 2 nitrogen and oxygen atoms in total. The van der Waals surface area contributed by atoms with Crippen LogP contribution in [0.2, 0.25) is 0 Å². The van der Waals surface area contributed by atoms with E-state index in [0.29, 0.717) is 0 Å². The molecule has 2 atom stereocenters. The van der Waals surface area contributed by atoms with E-state index in [0.717, 1.165) is 12.8 Å². The van der Waals surface area contributed by atoms with Crippen molar-refractivity contribution in [3.8, 4) is 6.07 Å². The fourth-order valence-electron chi connectivity index (χ4n) is 1.61. The van der Waals surface area contributed by atoms with Crippen LogP contribution < -0.4 is 5.32 Å². The summed E-state index contributed by atoms with van der Waals surface area (Å²) in [4.78, 5) is 0. The Morgan fingerprint density at radius 2 is 2.00 bits per heavy atom. The third-order valence-electron chi connectivity index (χ3n) is 2.48. The molecule has 0 spiro atoms. The van der Waals surface area contributed by atoms with E-state index in [1.165, 1.54) is 5.56 Å². The first-order valence-corrected chi connectivity index (χ1v) is 5.48. The molecule has 0 aliphatic heterocycles. The quantitative estimate of drug-likeness (QED) is 0.796. The molecule has 80 valence electrons. The Kier molecular flexibility index (Phi) is 4.86. The van der Waals surface area contributed by atoms with Crippen LogP contribution in [-0.2, 0) is 0 Å². The summed E-state index contributed by atoms with van der Waals surface area (Å²) in [6, 6.07) is 12.7. The van der Waals surface area contributed by atoms with Crippen LogP contribution in [0.15, 0.2) is 30.3 Å².